The fourth-order valence-electron chi connectivity index (χ4n) is 1.47. The van der Waals surface area contributed by atoms with E-state index in [1.54, 1.807) is 30.5 Å². The van der Waals surface area contributed by atoms with E-state index in [1.807, 2.05) is 0 Å². The molecule has 100 valence electrons. The van der Waals surface area contributed by atoms with Crippen LogP contribution in [0, 0.1) is 0 Å². The van der Waals surface area contributed by atoms with Gasteiger partial charge in [0, 0.05) is 13.0 Å². The van der Waals surface area contributed by atoms with Crippen molar-refractivity contribution < 1.29 is 18.4 Å². The molecule has 0 saturated carbocycles. The molecule has 6 nitrogen and oxygen atoms in total. The number of hydrogen-bond donors (Lipinski definition) is 2. The zero-order valence-electron chi connectivity index (χ0n) is 10.2. The Labute approximate surface area is 109 Å². The maximum absolute atomic E-state index is 11.5. The third-order valence-electron chi connectivity index (χ3n) is 2.42. The minimum Gasteiger partial charge on any atom is -0.467 e. The first-order valence-electron chi connectivity index (χ1n) is 5.86. The van der Waals surface area contributed by atoms with Gasteiger partial charge in [0.2, 0.25) is 5.91 Å². The third-order valence-corrected chi connectivity index (χ3v) is 2.42. The lowest BCUT2D eigenvalue weighted by Gasteiger charge is -2.04. The summed E-state index contributed by atoms with van der Waals surface area (Å²) < 4.78 is 10.0. The number of hydrogen-bond acceptors (Lipinski definition) is 4. The quantitative estimate of drug-likeness (QED) is 0.822. The van der Waals surface area contributed by atoms with Crippen molar-refractivity contribution in [3.63, 3.8) is 0 Å². The predicted octanol–water partition coefficient (Wildman–Crippen LogP) is 1.31. The molecule has 2 aromatic heterocycles. The fourth-order valence-corrected chi connectivity index (χ4v) is 1.47. The van der Waals surface area contributed by atoms with Crippen molar-refractivity contribution in [2.45, 2.75) is 13.0 Å². The number of amides is 2. The molecule has 2 amide bonds. The molecule has 2 rings (SSSR count). The first kappa shape index (κ1) is 12.9. The monoisotopic (exact) mass is 262 g/mol. The molecule has 2 aromatic rings. The van der Waals surface area contributed by atoms with Crippen molar-refractivity contribution in [3.05, 3.63) is 48.3 Å². The Kier molecular flexibility index (Phi) is 4.39. The summed E-state index contributed by atoms with van der Waals surface area (Å²) in [6.45, 7) is 0.599. The Morgan fingerprint density at radius 2 is 1.84 bits per heavy atom. The molecule has 0 saturated heterocycles. The van der Waals surface area contributed by atoms with Gasteiger partial charge in [0.1, 0.15) is 5.76 Å². The first-order chi connectivity index (χ1) is 9.25. The van der Waals surface area contributed by atoms with Gasteiger partial charge in [-0.2, -0.15) is 0 Å². The van der Waals surface area contributed by atoms with E-state index in [0.717, 1.165) is 0 Å². The minimum absolute atomic E-state index is 0.156. The van der Waals surface area contributed by atoms with Gasteiger partial charge in [-0.1, -0.05) is 0 Å². The molecular weight excluding hydrogens is 248 g/mol. The number of carbonyl (C=O) groups is 2. The number of rotatable bonds is 6. The SMILES string of the molecule is O=C(CCNC(=O)c1ccco1)NCc1ccco1. The summed E-state index contributed by atoms with van der Waals surface area (Å²) in [6.07, 6.45) is 3.17. The molecule has 0 radical (unpaired) electrons. The topological polar surface area (TPSA) is 84.5 Å². The lowest BCUT2D eigenvalue weighted by molar-refractivity contribution is -0.121. The molecular formula is C13H14N2O4. The fraction of sp³-hybridized carbons (Fsp3) is 0.231. The van der Waals surface area contributed by atoms with Crippen LogP contribution in [-0.4, -0.2) is 18.4 Å². The Balaban J connectivity index is 1.63. The van der Waals surface area contributed by atoms with Crippen LogP contribution < -0.4 is 10.6 Å². The maximum atomic E-state index is 11.5. The van der Waals surface area contributed by atoms with E-state index >= 15 is 0 Å². The Hall–Kier alpha value is -2.50. The normalized spacial score (nSPS) is 10.1. The van der Waals surface area contributed by atoms with E-state index in [1.165, 1.54) is 6.26 Å². The highest BCUT2D eigenvalue weighted by atomic mass is 16.3. The zero-order valence-corrected chi connectivity index (χ0v) is 10.2. The van der Waals surface area contributed by atoms with Gasteiger partial charge < -0.3 is 19.5 Å². The number of furan rings is 2. The smallest absolute Gasteiger partial charge is 0.286 e. The molecule has 0 spiro atoms. The summed E-state index contributed by atoms with van der Waals surface area (Å²) in [4.78, 5) is 23.0. The summed E-state index contributed by atoms with van der Waals surface area (Å²) in [5.74, 6) is 0.434. The van der Waals surface area contributed by atoms with Crippen molar-refractivity contribution in [3.8, 4) is 0 Å². The maximum Gasteiger partial charge on any atom is 0.286 e. The van der Waals surface area contributed by atoms with Crippen LogP contribution in [0.25, 0.3) is 0 Å². The zero-order chi connectivity index (χ0) is 13.5. The molecule has 0 aliphatic rings. The van der Waals surface area contributed by atoms with E-state index in [9.17, 15) is 9.59 Å². The van der Waals surface area contributed by atoms with Crippen molar-refractivity contribution in [1.82, 2.24) is 10.6 Å². The summed E-state index contributed by atoms with van der Waals surface area (Å²) in [5, 5.41) is 5.28. The standard InChI is InChI=1S/C13H14N2O4/c16-12(15-9-10-3-1-7-18-10)5-6-14-13(17)11-4-2-8-19-11/h1-4,7-8H,5-6,9H2,(H,14,17)(H,15,16). The van der Waals surface area contributed by atoms with Crippen LogP contribution in [0.4, 0.5) is 0 Å². The highest BCUT2D eigenvalue weighted by Gasteiger charge is 2.08. The van der Waals surface area contributed by atoms with Gasteiger partial charge in [-0.15, -0.1) is 0 Å². The van der Waals surface area contributed by atoms with Crippen molar-refractivity contribution in [2.24, 2.45) is 0 Å². The van der Waals surface area contributed by atoms with Gasteiger partial charge in [0.15, 0.2) is 5.76 Å². The highest BCUT2D eigenvalue weighted by molar-refractivity contribution is 5.91. The van der Waals surface area contributed by atoms with E-state index in [-0.39, 0.29) is 30.5 Å². The first-order valence-corrected chi connectivity index (χ1v) is 5.86. The summed E-state index contributed by atoms with van der Waals surface area (Å²) in [5.41, 5.74) is 0. The Morgan fingerprint density at radius 1 is 1.05 bits per heavy atom. The van der Waals surface area contributed by atoms with Gasteiger partial charge in [0.25, 0.3) is 5.91 Å². The van der Waals surface area contributed by atoms with Crippen molar-refractivity contribution >= 4 is 11.8 Å². The van der Waals surface area contributed by atoms with Crippen molar-refractivity contribution in [2.75, 3.05) is 6.54 Å². The second-order valence-corrected chi connectivity index (χ2v) is 3.84. The van der Waals surface area contributed by atoms with Gasteiger partial charge in [-0.05, 0) is 24.3 Å². The van der Waals surface area contributed by atoms with E-state index in [4.69, 9.17) is 8.83 Å². The molecule has 0 fully saturated rings. The van der Waals surface area contributed by atoms with Gasteiger partial charge >= 0.3 is 0 Å². The molecule has 2 heterocycles. The molecule has 19 heavy (non-hydrogen) atoms. The van der Waals surface area contributed by atoms with Crippen LogP contribution in [0.3, 0.4) is 0 Å². The van der Waals surface area contributed by atoms with E-state index < -0.39 is 0 Å². The van der Waals surface area contributed by atoms with Gasteiger partial charge in [0.05, 0.1) is 19.1 Å². The average Bonchev–Trinajstić information content (AvgIpc) is 3.09. The van der Waals surface area contributed by atoms with Gasteiger partial charge in [-0.25, -0.2) is 0 Å². The van der Waals surface area contributed by atoms with Crippen LogP contribution in [0.5, 0.6) is 0 Å². The molecule has 0 aliphatic carbocycles. The van der Waals surface area contributed by atoms with Gasteiger partial charge in [-0.3, -0.25) is 9.59 Å². The number of nitrogens with one attached hydrogen (secondary N) is 2. The Bertz CT molecular complexity index is 517. The average molecular weight is 262 g/mol. The highest BCUT2D eigenvalue weighted by Crippen LogP contribution is 2.00. The molecule has 0 aliphatic heterocycles. The lowest BCUT2D eigenvalue weighted by Crippen LogP contribution is -2.30. The molecule has 6 heteroatoms. The summed E-state index contributed by atoms with van der Waals surface area (Å²) in [7, 11) is 0. The van der Waals surface area contributed by atoms with Crippen LogP contribution in [0.2, 0.25) is 0 Å². The van der Waals surface area contributed by atoms with Crippen LogP contribution >= 0.6 is 0 Å². The van der Waals surface area contributed by atoms with E-state index in [2.05, 4.69) is 10.6 Å². The molecule has 0 bridgehead atoms. The second-order valence-electron chi connectivity index (χ2n) is 3.84. The van der Waals surface area contributed by atoms with Crippen LogP contribution in [0.15, 0.2) is 45.6 Å². The molecule has 2 N–H and O–H groups in total. The third kappa shape index (κ3) is 4.02. The van der Waals surface area contributed by atoms with E-state index in [0.29, 0.717) is 12.3 Å². The minimum atomic E-state index is -0.330. The summed E-state index contributed by atoms with van der Waals surface area (Å²) >= 11 is 0. The largest absolute Gasteiger partial charge is 0.467 e. The number of carbonyl (C=O) groups excluding carboxylic acids is 2. The molecule has 0 unspecified atom stereocenters. The predicted molar refractivity (Wildman–Crippen MR) is 66.2 cm³/mol. The summed E-state index contributed by atoms with van der Waals surface area (Å²) in [6, 6.07) is 6.72. The molecule has 0 atom stereocenters. The molecule has 0 aromatic carbocycles. The van der Waals surface area contributed by atoms with Crippen LogP contribution in [-0.2, 0) is 11.3 Å². The lowest BCUT2D eigenvalue weighted by atomic mass is 10.3. The van der Waals surface area contributed by atoms with Crippen molar-refractivity contribution in [1.29, 1.82) is 0 Å². The second kappa shape index (κ2) is 6.44. The Morgan fingerprint density at radius 3 is 2.53 bits per heavy atom. The van der Waals surface area contributed by atoms with Crippen LogP contribution in [0.1, 0.15) is 22.7 Å².